The van der Waals surface area contributed by atoms with Gasteiger partial charge in [0.05, 0.1) is 0 Å². The largest absolute Gasteiger partial charge is 0.505 e. The van der Waals surface area contributed by atoms with Crippen LogP contribution in [0.1, 0.15) is 10.5 Å². The normalized spacial score (nSPS) is 10.8. The van der Waals surface area contributed by atoms with E-state index in [0.717, 1.165) is 5.56 Å². The number of carbonyl (C=O) groups excluding carboxylic acids is 1. The van der Waals surface area contributed by atoms with Gasteiger partial charge in [-0.1, -0.05) is 23.7 Å². The van der Waals surface area contributed by atoms with Crippen molar-refractivity contribution in [2.45, 2.75) is 0 Å². The fraction of sp³-hybridized carbons (Fsp3) is 0. The van der Waals surface area contributed by atoms with Crippen molar-refractivity contribution < 1.29 is 9.90 Å². The second kappa shape index (κ2) is 4.50. The highest BCUT2D eigenvalue weighted by atomic mass is 35.5. The van der Waals surface area contributed by atoms with Crippen molar-refractivity contribution >= 4 is 23.2 Å². The van der Waals surface area contributed by atoms with Gasteiger partial charge in [-0.3, -0.25) is 4.79 Å². The fourth-order valence-corrected chi connectivity index (χ4v) is 2.17. The van der Waals surface area contributed by atoms with E-state index in [9.17, 15) is 9.90 Å². The predicted molar refractivity (Wildman–Crippen MR) is 73.6 cm³/mol. The van der Waals surface area contributed by atoms with Crippen molar-refractivity contribution in [3.05, 3.63) is 47.4 Å². The van der Waals surface area contributed by atoms with Gasteiger partial charge < -0.3 is 10.8 Å². The molecular weight excluding hydrogens is 280 g/mol. The molecular formula is C13H9ClN4O2. The summed E-state index contributed by atoms with van der Waals surface area (Å²) < 4.78 is 1.22. The van der Waals surface area contributed by atoms with Crippen LogP contribution in [0.2, 0.25) is 5.02 Å². The lowest BCUT2D eigenvalue weighted by Crippen LogP contribution is -2.16. The molecule has 6 nitrogen and oxygen atoms in total. The van der Waals surface area contributed by atoms with Gasteiger partial charge in [0.1, 0.15) is 12.1 Å². The summed E-state index contributed by atoms with van der Waals surface area (Å²) in [6.45, 7) is 0. The number of hydrogen-bond acceptors (Lipinski definition) is 4. The molecule has 7 heteroatoms. The lowest BCUT2D eigenvalue weighted by molar-refractivity contribution is 0.0990. The zero-order valence-electron chi connectivity index (χ0n) is 10.1. The van der Waals surface area contributed by atoms with Crippen LogP contribution in [0, 0.1) is 0 Å². The van der Waals surface area contributed by atoms with Crippen LogP contribution in [0.5, 0.6) is 5.75 Å². The van der Waals surface area contributed by atoms with Gasteiger partial charge >= 0.3 is 0 Å². The van der Waals surface area contributed by atoms with E-state index in [4.69, 9.17) is 17.3 Å². The molecule has 3 aromatic rings. The van der Waals surface area contributed by atoms with Crippen molar-refractivity contribution in [2.75, 3.05) is 0 Å². The summed E-state index contributed by atoms with van der Waals surface area (Å²) in [5, 5.41) is 14.5. The zero-order chi connectivity index (χ0) is 14.3. The maximum absolute atomic E-state index is 11.4. The molecule has 3 rings (SSSR count). The molecule has 20 heavy (non-hydrogen) atoms. The SMILES string of the molecule is NC(=O)c1c(O)cc(-c2ccc(Cl)cc2)c2ncnn12. The van der Waals surface area contributed by atoms with Gasteiger partial charge in [0, 0.05) is 10.6 Å². The number of carbonyl (C=O) groups is 1. The number of nitrogens with zero attached hydrogens (tertiary/aromatic N) is 3. The Labute approximate surface area is 118 Å². The number of rotatable bonds is 2. The smallest absolute Gasteiger partial charge is 0.271 e. The molecule has 0 aliphatic carbocycles. The Bertz CT molecular complexity index is 811. The summed E-state index contributed by atoms with van der Waals surface area (Å²) in [7, 11) is 0. The molecule has 0 fully saturated rings. The first-order valence-electron chi connectivity index (χ1n) is 5.69. The van der Waals surface area contributed by atoms with E-state index in [-0.39, 0.29) is 11.4 Å². The van der Waals surface area contributed by atoms with E-state index in [1.165, 1.54) is 16.9 Å². The van der Waals surface area contributed by atoms with Crippen molar-refractivity contribution in [2.24, 2.45) is 5.73 Å². The summed E-state index contributed by atoms with van der Waals surface area (Å²) in [6.07, 6.45) is 1.29. The molecule has 0 unspecified atom stereocenters. The first-order valence-corrected chi connectivity index (χ1v) is 6.07. The van der Waals surface area contributed by atoms with E-state index < -0.39 is 5.91 Å². The number of aromatic nitrogens is 3. The van der Waals surface area contributed by atoms with Crippen molar-refractivity contribution in [3.63, 3.8) is 0 Å². The molecule has 1 aromatic carbocycles. The third-order valence-electron chi connectivity index (χ3n) is 2.91. The molecule has 100 valence electrons. The minimum Gasteiger partial charge on any atom is -0.505 e. The van der Waals surface area contributed by atoms with E-state index in [1.54, 1.807) is 24.3 Å². The molecule has 0 aliphatic rings. The van der Waals surface area contributed by atoms with E-state index in [0.29, 0.717) is 16.2 Å². The molecule has 0 atom stereocenters. The maximum Gasteiger partial charge on any atom is 0.271 e. The van der Waals surface area contributed by atoms with Crippen LogP contribution in [0.15, 0.2) is 36.7 Å². The minimum absolute atomic E-state index is 0.102. The lowest BCUT2D eigenvalue weighted by atomic mass is 10.1. The van der Waals surface area contributed by atoms with E-state index in [2.05, 4.69) is 10.1 Å². The molecule has 0 spiro atoms. The van der Waals surface area contributed by atoms with Crippen LogP contribution in [0.3, 0.4) is 0 Å². The van der Waals surface area contributed by atoms with Gasteiger partial charge in [-0.25, -0.2) is 9.50 Å². The van der Waals surface area contributed by atoms with E-state index >= 15 is 0 Å². The van der Waals surface area contributed by atoms with Gasteiger partial charge in [0.2, 0.25) is 0 Å². The van der Waals surface area contributed by atoms with Crippen LogP contribution >= 0.6 is 11.6 Å². The molecule has 3 N–H and O–H groups in total. The number of benzene rings is 1. The van der Waals surface area contributed by atoms with Crippen LogP contribution in [-0.2, 0) is 0 Å². The number of nitrogens with two attached hydrogens (primary N) is 1. The van der Waals surface area contributed by atoms with E-state index in [1.807, 2.05) is 0 Å². The molecule has 0 aliphatic heterocycles. The van der Waals surface area contributed by atoms with Crippen molar-refractivity contribution in [3.8, 4) is 16.9 Å². The summed E-state index contributed by atoms with van der Waals surface area (Å²) in [6, 6.07) is 8.46. The molecule has 0 radical (unpaired) electrons. The Hall–Kier alpha value is -2.60. The number of pyridine rings is 1. The summed E-state index contributed by atoms with van der Waals surface area (Å²) in [5.41, 5.74) is 6.99. The highest BCUT2D eigenvalue weighted by Crippen LogP contribution is 2.30. The summed E-state index contributed by atoms with van der Waals surface area (Å²) in [4.78, 5) is 15.5. The number of aromatic hydroxyl groups is 1. The third-order valence-corrected chi connectivity index (χ3v) is 3.16. The van der Waals surface area contributed by atoms with Gasteiger partial charge in [-0.15, -0.1) is 0 Å². The zero-order valence-corrected chi connectivity index (χ0v) is 10.9. The Kier molecular flexibility index (Phi) is 2.80. The van der Waals surface area contributed by atoms with Crippen LogP contribution in [-0.4, -0.2) is 25.6 Å². The summed E-state index contributed by atoms with van der Waals surface area (Å²) in [5.74, 6) is -1.03. The Morgan fingerprint density at radius 1 is 1.30 bits per heavy atom. The fourth-order valence-electron chi connectivity index (χ4n) is 2.04. The Balaban J connectivity index is 2.33. The highest BCUT2D eigenvalue weighted by molar-refractivity contribution is 6.30. The molecule has 1 amide bonds. The highest BCUT2D eigenvalue weighted by Gasteiger charge is 2.18. The topological polar surface area (TPSA) is 93.5 Å². The first kappa shape index (κ1) is 12.4. The van der Waals surface area contributed by atoms with Gasteiger partial charge in [-0.05, 0) is 23.8 Å². The Morgan fingerprint density at radius 3 is 2.65 bits per heavy atom. The maximum atomic E-state index is 11.4. The lowest BCUT2D eigenvalue weighted by Gasteiger charge is -2.08. The standard InChI is InChI=1S/C13H9ClN4O2/c14-8-3-1-7(2-4-8)9-5-10(19)11(12(15)20)18-13(9)16-6-17-18/h1-6,19H,(H2,15,20). The van der Waals surface area contributed by atoms with Crippen molar-refractivity contribution in [1.82, 2.24) is 14.6 Å². The average Bonchev–Trinajstić information content (AvgIpc) is 2.87. The molecule has 0 saturated carbocycles. The summed E-state index contributed by atoms with van der Waals surface area (Å²) >= 11 is 5.85. The number of primary amides is 1. The van der Waals surface area contributed by atoms with Gasteiger partial charge in [0.15, 0.2) is 11.3 Å². The second-order valence-corrected chi connectivity index (χ2v) is 4.59. The molecule has 0 saturated heterocycles. The average molecular weight is 289 g/mol. The first-order chi connectivity index (χ1) is 9.58. The van der Waals surface area contributed by atoms with Gasteiger partial charge in [0.25, 0.3) is 5.91 Å². The molecule has 2 heterocycles. The van der Waals surface area contributed by atoms with Crippen LogP contribution < -0.4 is 5.73 Å². The van der Waals surface area contributed by atoms with Gasteiger partial charge in [-0.2, -0.15) is 5.10 Å². The van der Waals surface area contributed by atoms with Crippen molar-refractivity contribution in [1.29, 1.82) is 0 Å². The van der Waals surface area contributed by atoms with Crippen LogP contribution in [0.4, 0.5) is 0 Å². The quantitative estimate of drug-likeness (QED) is 0.752. The monoisotopic (exact) mass is 288 g/mol. The minimum atomic E-state index is -0.777. The number of hydrogen-bond donors (Lipinski definition) is 2. The predicted octanol–water partition coefficient (Wildman–Crippen LogP) is 1.85. The number of halogens is 1. The molecule has 0 bridgehead atoms. The number of fused-ring (bicyclic) bond motifs is 1. The Morgan fingerprint density at radius 2 is 2.00 bits per heavy atom. The second-order valence-electron chi connectivity index (χ2n) is 4.16. The third kappa shape index (κ3) is 1.86. The molecule has 2 aromatic heterocycles. The number of amides is 1. The van der Waals surface area contributed by atoms with Crippen LogP contribution in [0.25, 0.3) is 16.8 Å².